The number of anilines is 2. The van der Waals surface area contributed by atoms with Gasteiger partial charge in [0.2, 0.25) is 0 Å². The summed E-state index contributed by atoms with van der Waals surface area (Å²) in [5.41, 5.74) is 3.94. The maximum atomic E-state index is 8.96. The summed E-state index contributed by atoms with van der Waals surface area (Å²) in [5.74, 6) is 0.965. The topological polar surface area (TPSA) is 60.3 Å². The van der Waals surface area contributed by atoms with Gasteiger partial charge in [-0.1, -0.05) is 23.7 Å². The van der Waals surface area contributed by atoms with Gasteiger partial charge in [0.05, 0.1) is 24.6 Å². The number of aliphatic hydroxyl groups is 1. The molecule has 0 radical (unpaired) electrons. The maximum absolute atomic E-state index is 8.96. The molecule has 2 heterocycles. The molecule has 2 aromatic carbocycles. The molecule has 6 nitrogen and oxygen atoms in total. The zero-order valence-electron chi connectivity index (χ0n) is 15.9. The van der Waals surface area contributed by atoms with E-state index in [1.165, 1.54) is 0 Å². The van der Waals surface area contributed by atoms with Crippen LogP contribution in [-0.4, -0.2) is 66.4 Å². The maximum Gasteiger partial charge on any atom is 0.138 e. The summed E-state index contributed by atoms with van der Waals surface area (Å²) in [6, 6.07) is 14.0. The van der Waals surface area contributed by atoms with Crippen LogP contribution in [0.25, 0.3) is 0 Å². The van der Waals surface area contributed by atoms with Gasteiger partial charge in [0.15, 0.2) is 0 Å². The quantitative estimate of drug-likeness (QED) is 0.823. The van der Waals surface area contributed by atoms with Crippen molar-refractivity contribution in [2.45, 2.75) is 13.2 Å². The first-order valence-electron chi connectivity index (χ1n) is 9.62. The first kappa shape index (κ1) is 19.2. The van der Waals surface area contributed by atoms with E-state index in [1.807, 2.05) is 37.3 Å². The molecule has 1 fully saturated rings. The minimum absolute atomic E-state index is 0.00106. The highest BCUT2D eigenvalue weighted by Gasteiger charge is 2.26. The van der Waals surface area contributed by atoms with E-state index in [9.17, 15) is 0 Å². The molecule has 1 atom stereocenters. The summed E-state index contributed by atoms with van der Waals surface area (Å²) in [6.45, 7) is 5.92. The first-order valence-corrected chi connectivity index (χ1v) is 9.99. The summed E-state index contributed by atoms with van der Waals surface area (Å²) in [4.78, 5) is 9.61. The van der Waals surface area contributed by atoms with Crippen molar-refractivity contribution in [3.05, 3.63) is 53.1 Å². The van der Waals surface area contributed by atoms with Crippen LogP contribution in [0, 0.1) is 0 Å². The summed E-state index contributed by atoms with van der Waals surface area (Å²) in [6.07, 6.45) is -0.00106. The number of nitrogens with one attached hydrogen (secondary N) is 1. The molecule has 0 saturated carbocycles. The van der Waals surface area contributed by atoms with Crippen molar-refractivity contribution in [3.63, 3.8) is 0 Å². The molecule has 7 heteroatoms. The second kappa shape index (κ2) is 8.49. The molecule has 1 saturated heterocycles. The van der Waals surface area contributed by atoms with E-state index in [4.69, 9.17) is 26.4 Å². The average Bonchev–Trinajstić information content (AvgIpc) is 2.88. The Morgan fingerprint density at radius 1 is 1.14 bits per heavy atom. The lowest BCUT2D eigenvalue weighted by molar-refractivity contribution is -0.0681. The molecule has 1 unspecified atom stereocenters. The van der Waals surface area contributed by atoms with Gasteiger partial charge in [-0.05, 0) is 37.3 Å². The van der Waals surface area contributed by atoms with Crippen molar-refractivity contribution in [1.29, 1.82) is 0 Å². The van der Waals surface area contributed by atoms with Gasteiger partial charge in [-0.2, -0.15) is 0 Å². The largest absolute Gasteiger partial charge is 0.394 e. The number of aliphatic imine (C=N–C) groups is 1. The third-order valence-electron chi connectivity index (χ3n) is 5.20. The lowest BCUT2D eigenvalue weighted by Gasteiger charge is -2.39. The Bertz CT molecular complexity index is 865. The van der Waals surface area contributed by atoms with E-state index in [0.29, 0.717) is 11.6 Å². The van der Waals surface area contributed by atoms with Crippen molar-refractivity contribution in [1.82, 2.24) is 9.80 Å². The number of aliphatic hydroxyl groups excluding tert-OH is 1. The Kier molecular flexibility index (Phi) is 5.82. The minimum Gasteiger partial charge on any atom is -0.394 e. The predicted octanol–water partition coefficient (Wildman–Crippen LogP) is 3.45. The van der Waals surface area contributed by atoms with Crippen LogP contribution in [-0.2, 0) is 4.74 Å². The number of fused-ring (bicyclic) bond motifs is 2. The van der Waals surface area contributed by atoms with Gasteiger partial charge in [0, 0.05) is 42.5 Å². The molecule has 28 heavy (non-hydrogen) atoms. The minimum atomic E-state index is -0.00106. The number of para-hydroxylation sites is 1. The fraction of sp³-hybridized carbons (Fsp3) is 0.381. The molecule has 2 aliphatic rings. The SMILES string of the molecule is CC(OCCO)N1CCN(C2=Nc3cc(Cl)ccc3Nc3ccccc32)CC1. The molecule has 2 aliphatic heterocycles. The molecule has 148 valence electrons. The number of nitrogens with zero attached hydrogens (tertiary/aromatic N) is 3. The van der Waals surface area contributed by atoms with E-state index in [0.717, 1.165) is 54.6 Å². The van der Waals surface area contributed by atoms with Crippen LogP contribution < -0.4 is 5.32 Å². The van der Waals surface area contributed by atoms with Crippen molar-refractivity contribution < 1.29 is 9.84 Å². The highest BCUT2D eigenvalue weighted by atomic mass is 35.5. The number of amidine groups is 1. The zero-order chi connectivity index (χ0) is 19.5. The van der Waals surface area contributed by atoms with Crippen molar-refractivity contribution >= 4 is 34.5 Å². The smallest absolute Gasteiger partial charge is 0.138 e. The highest BCUT2D eigenvalue weighted by molar-refractivity contribution is 6.31. The van der Waals surface area contributed by atoms with Crippen molar-refractivity contribution in [2.24, 2.45) is 4.99 Å². The molecule has 2 aromatic rings. The van der Waals surface area contributed by atoms with Crippen molar-refractivity contribution in [2.75, 3.05) is 44.7 Å². The van der Waals surface area contributed by atoms with Gasteiger partial charge >= 0.3 is 0 Å². The third kappa shape index (κ3) is 4.00. The lowest BCUT2D eigenvalue weighted by atomic mass is 10.1. The van der Waals surface area contributed by atoms with Crippen LogP contribution >= 0.6 is 11.6 Å². The van der Waals surface area contributed by atoms with E-state index >= 15 is 0 Å². The van der Waals surface area contributed by atoms with Gasteiger partial charge in [0.1, 0.15) is 12.1 Å². The Labute approximate surface area is 170 Å². The summed E-state index contributed by atoms with van der Waals surface area (Å²) < 4.78 is 5.65. The number of piperazine rings is 1. The monoisotopic (exact) mass is 400 g/mol. The molecule has 0 aliphatic carbocycles. The van der Waals surface area contributed by atoms with Crippen LogP contribution in [0.15, 0.2) is 47.5 Å². The normalized spacial score (nSPS) is 17.8. The second-order valence-electron chi connectivity index (χ2n) is 6.98. The third-order valence-corrected chi connectivity index (χ3v) is 5.44. The van der Waals surface area contributed by atoms with E-state index < -0.39 is 0 Å². The highest BCUT2D eigenvalue weighted by Crippen LogP contribution is 2.36. The van der Waals surface area contributed by atoms with Gasteiger partial charge < -0.3 is 20.1 Å². The van der Waals surface area contributed by atoms with Crippen molar-refractivity contribution in [3.8, 4) is 0 Å². The molecule has 0 bridgehead atoms. The van der Waals surface area contributed by atoms with E-state index in [2.05, 4.69) is 27.2 Å². The number of benzene rings is 2. The zero-order valence-corrected chi connectivity index (χ0v) is 16.7. The Morgan fingerprint density at radius 3 is 2.71 bits per heavy atom. The molecular formula is C21H25ClN4O2. The fourth-order valence-corrected chi connectivity index (χ4v) is 3.84. The molecule has 0 spiro atoms. The molecular weight excluding hydrogens is 376 g/mol. The van der Waals surface area contributed by atoms with Crippen LogP contribution in [0.1, 0.15) is 12.5 Å². The Hall–Kier alpha value is -2.12. The number of ether oxygens (including phenoxy) is 1. The molecule has 4 rings (SSSR count). The Balaban J connectivity index is 1.59. The Morgan fingerprint density at radius 2 is 1.93 bits per heavy atom. The number of hydrogen-bond acceptors (Lipinski definition) is 6. The number of halogens is 1. The van der Waals surface area contributed by atoms with Gasteiger partial charge in [-0.25, -0.2) is 4.99 Å². The predicted molar refractivity (Wildman–Crippen MR) is 113 cm³/mol. The summed E-state index contributed by atoms with van der Waals surface area (Å²) in [5, 5.41) is 13.1. The van der Waals surface area contributed by atoms with Crippen LogP contribution in [0.5, 0.6) is 0 Å². The van der Waals surface area contributed by atoms with Gasteiger partial charge in [0.25, 0.3) is 0 Å². The van der Waals surface area contributed by atoms with E-state index in [-0.39, 0.29) is 12.8 Å². The average molecular weight is 401 g/mol. The van der Waals surface area contributed by atoms with Gasteiger partial charge in [-0.3, -0.25) is 4.90 Å². The number of hydrogen-bond donors (Lipinski definition) is 2. The molecule has 2 N–H and O–H groups in total. The standard InChI is InChI=1S/C21H25ClN4O2/c1-15(28-13-12-27)25-8-10-26(11-9-25)21-17-4-2-3-5-18(17)23-19-7-6-16(22)14-20(19)24-21/h2-7,14-15,23,27H,8-13H2,1H3. The fourth-order valence-electron chi connectivity index (χ4n) is 3.68. The molecule has 0 aromatic heterocycles. The lowest BCUT2D eigenvalue weighted by Crippen LogP contribution is -2.52. The first-order chi connectivity index (χ1) is 13.7. The van der Waals surface area contributed by atoms with Crippen LogP contribution in [0.4, 0.5) is 17.1 Å². The van der Waals surface area contributed by atoms with Crippen LogP contribution in [0.2, 0.25) is 5.02 Å². The second-order valence-corrected chi connectivity index (χ2v) is 7.42. The van der Waals surface area contributed by atoms with Crippen LogP contribution in [0.3, 0.4) is 0 Å². The summed E-state index contributed by atoms with van der Waals surface area (Å²) >= 11 is 6.22. The van der Waals surface area contributed by atoms with Gasteiger partial charge in [-0.15, -0.1) is 0 Å². The summed E-state index contributed by atoms with van der Waals surface area (Å²) in [7, 11) is 0. The number of rotatable bonds is 4. The van der Waals surface area contributed by atoms with E-state index in [1.54, 1.807) is 0 Å². The molecule has 0 amide bonds.